The predicted molar refractivity (Wildman–Crippen MR) is 36.5 cm³/mol. The van der Waals surface area contributed by atoms with Gasteiger partial charge in [0.25, 0.3) is 0 Å². The molecule has 1 aliphatic rings. The fourth-order valence-corrected chi connectivity index (χ4v) is 0.829. The molecule has 0 bridgehead atoms. The van der Waals surface area contributed by atoms with Gasteiger partial charge in [0.1, 0.15) is 0 Å². The molecule has 0 radical (unpaired) electrons. The number of hydrogen-bond acceptors (Lipinski definition) is 4. The summed E-state index contributed by atoms with van der Waals surface area (Å²) in [5.74, 6) is -0.233. The highest BCUT2D eigenvalue weighted by Crippen LogP contribution is 2.00. The smallest absolute Gasteiger partial charge is 0.431 e. The van der Waals surface area contributed by atoms with E-state index in [1.807, 2.05) is 0 Å². The molecule has 0 spiro atoms. The molecule has 1 heterocycles. The summed E-state index contributed by atoms with van der Waals surface area (Å²) in [4.78, 5) is 21.7. The summed E-state index contributed by atoms with van der Waals surface area (Å²) in [7, 11) is 0. The fraction of sp³-hybridized carbons (Fsp3) is 0.667. The predicted octanol–water partition coefficient (Wildman–Crippen LogP) is -0.120. The molecule has 1 rings (SSSR count). The van der Waals surface area contributed by atoms with Gasteiger partial charge in [-0.15, -0.1) is 0 Å². The quantitative estimate of drug-likeness (QED) is 0.578. The molecule has 0 aromatic heterocycles. The van der Waals surface area contributed by atoms with Crippen LogP contribution in [-0.2, 0) is 9.53 Å². The summed E-state index contributed by atoms with van der Waals surface area (Å²) in [5, 5.41) is 0.906. The van der Waals surface area contributed by atoms with Crippen molar-refractivity contribution in [1.82, 2.24) is 10.4 Å². The van der Waals surface area contributed by atoms with Gasteiger partial charge in [0.2, 0.25) is 5.91 Å². The number of nitrogens with one attached hydrogen (secondary N) is 1. The molecule has 2 amide bonds. The van der Waals surface area contributed by atoms with Crippen LogP contribution in [-0.4, -0.2) is 30.2 Å². The zero-order valence-electron chi connectivity index (χ0n) is 6.29. The van der Waals surface area contributed by atoms with E-state index in [0.717, 1.165) is 5.01 Å². The molecular formula is C6H10N2O3. The largest absolute Gasteiger partial charge is 0.448 e. The van der Waals surface area contributed by atoms with Crippen molar-refractivity contribution >= 4 is 12.0 Å². The van der Waals surface area contributed by atoms with Crippen LogP contribution in [0.3, 0.4) is 0 Å². The Morgan fingerprint density at radius 1 is 1.82 bits per heavy atom. The zero-order valence-corrected chi connectivity index (χ0v) is 6.29. The van der Waals surface area contributed by atoms with E-state index in [1.165, 1.54) is 0 Å². The average molecular weight is 158 g/mol. The van der Waals surface area contributed by atoms with Crippen molar-refractivity contribution in [2.45, 2.75) is 13.3 Å². The zero-order chi connectivity index (χ0) is 8.27. The van der Waals surface area contributed by atoms with Crippen molar-refractivity contribution < 1.29 is 14.3 Å². The van der Waals surface area contributed by atoms with Gasteiger partial charge in [-0.2, -0.15) is 5.01 Å². The number of ether oxygens (including phenoxy) is 1. The number of carbonyl (C=O) groups is 2. The van der Waals surface area contributed by atoms with Crippen LogP contribution >= 0.6 is 0 Å². The monoisotopic (exact) mass is 158 g/mol. The van der Waals surface area contributed by atoms with Gasteiger partial charge >= 0.3 is 6.09 Å². The van der Waals surface area contributed by atoms with Gasteiger partial charge in [0.05, 0.1) is 6.61 Å². The first kappa shape index (κ1) is 8.00. The Labute approximate surface area is 64.3 Å². The molecule has 1 fully saturated rings. The molecule has 1 saturated heterocycles. The minimum atomic E-state index is -0.616. The van der Waals surface area contributed by atoms with Crippen LogP contribution in [0.4, 0.5) is 4.79 Å². The SMILES string of the molecule is CCOC(=O)N1NCCC1=O. The van der Waals surface area contributed by atoms with E-state index in [2.05, 4.69) is 10.2 Å². The Morgan fingerprint density at radius 2 is 2.55 bits per heavy atom. The number of hydrazine groups is 1. The van der Waals surface area contributed by atoms with Crippen molar-refractivity contribution in [3.63, 3.8) is 0 Å². The van der Waals surface area contributed by atoms with Gasteiger partial charge in [-0.1, -0.05) is 0 Å². The third-order valence-electron chi connectivity index (χ3n) is 1.31. The molecule has 0 unspecified atom stereocenters. The van der Waals surface area contributed by atoms with Crippen molar-refractivity contribution in [3.05, 3.63) is 0 Å². The Balaban J connectivity index is 2.46. The van der Waals surface area contributed by atoms with Crippen molar-refractivity contribution in [1.29, 1.82) is 0 Å². The molecule has 0 aromatic carbocycles. The molecule has 5 nitrogen and oxygen atoms in total. The second kappa shape index (κ2) is 3.34. The first-order valence-corrected chi connectivity index (χ1v) is 3.49. The Morgan fingerprint density at radius 3 is 3.00 bits per heavy atom. The maximum atomic E-state index is 10.9. The normalized spacial score (nSPS) is 17.2. The highest BCUT2D eigenvalue weighted by atomic mass is 16.6. The van der Waals surface area contributed by atoms with E-state index in [0.29, 0.717) is 13.0 Å². The lowest BCUT2D eigenvalue weighted by atomic mass is 10.4. The first-order chi connectivity index (χ1) is 5.25. The molecule has 0 aliphatic carbocycles. The summed E-state index contributed by atoms with van der Waals surface area (Å²) >= 11 is 0. The second-order valence-corrected chi connectivity index (χ2v) is 2.09. The Kier molecular flexibility index (Phi) is 2.43. The minimum absolute atomic E-state index is 0.233. The van der Waals surface area contributed by atoms with Crippen LogP contribution in [0, 0.1) is 0 Å². The van der Waals surface area contributed by atoms with Crippen molar-refractivity contribution in [2.24, 2.45) is 0 Å². The van der Waals surface area contributed by atoms with Crippen LogP contribution < -0.4 is 5.43 Å². The van der Waals surface area contributed by atoms with E-state index >= 15 is 0 Å². The lowest BCUT2D eigenvalue weighted by Gasteiger charge is -2.11. The highest BCUT2D eigenvalue weighted by Gasteiger charge is 2.27. The maximum absolute atomic E-state index is 10.9. The van der Waals surface area contributed by atoms with Crippen LogP contribution in [0.5, 0.6) is 0 Å². The van der Waals surface area contributed by atoms with Gasteiger partial charge in [0.15, 0.2) is 0 Å². The topological polar surface area (TPSA) is 58.6 Å². The van der Waals surface area contributed by atoms with Crippen LogP contribution in [0.25, 0.3) is 0 Å². The van der Waals surface area contributed by atoms with E-state index in [4.69, 9.17) is 0 Å². The minimum Gasteiger partial charge on any atom is -0.448 e. The van der Waals surface area contributed by atoms with Gasteiger partial charge < -0.3 is 4.74 Å². The van der Waals surface area contributed by atoms with E-state index in [9.17, 15) is 9.59 Å². The standard InChI is InChI=1S/C6H10N2O3/c1-2-11-6(10)8-5(9)3-4-7-8/h7H,2-4H2,1H3. The number of carbonyl (C=O) groups excluding carboxylic acids is 2. The Hall–Kier alpha value is -1.10. The summed E-state index contributed by atoms with van der Waals surface area (Å²) in [6.07, 6.45) is -0.256. The molecule has 1 aliphatic heterocycles. The number of amides is 2. The van der Waals surface area contributed by atoms with E-state index in [-0.39, 0.29) is 12.5 Å². The highest BCUT2D eigenvalue weighted by molar-refractivity contribution is 5.92. The van der Waals surface area contributed by atoms with E-state index in [1.54, 1.807) is 6.92 Å². The van der Waals surface area contributed by atoms with Crippen LogP contribution in [0.2, 0.25) is 0 Å². The number of nitrogens with zero attached hydrogens (tertiary/aromatic N) is 1. The lowest BCUT2D eigenvalue weighted by molar-refractivity contribution is -0.127. The van der Waals surface area contributed by atoms with E-state index < -0.39 is 6.09 Å². The average Bonchev–Trinajstić information content (AvgIpc) is 2.36. The fourth-order valence-electron chi connectivity index (χ4n) is 0.829. The van der Waals surface area contributed by atoms with Crippen molar-refractivity contribution in [3.8, 4) is 0 Å². The van der Waals surface area contributed by atoms with Gasteiger partial charge in [-0.25, -0.2) is 10.2 Å². The summed E-state index contributed by atoms with van der Waals surface area (Å²) in [6, 6.07) is 0. The molecule has 62 valence electrons. The number of hydrogen-bond donors (Lipinski definition) is 1. The van der Waals surface area contributed by atoms with Gasteiger partial charge in [-0.3, -0.25) is 4.79 Å². The van der Waals surface area contributed by atoms with Crippen LogP contribution in [0.15, 0.2) is 0 Å². The third kappa shape index (κ3) is 1.68. The third-order valence-corrected chi connectivity index (χ3v) is 1.31. The maximum Gasteiger partial charge on any atom is 0.431 e. The number of rotatable bonds is 1. The van der Waals surface area contributed by atoms with Gasteiger partial charge in [0, 0.05) is 13.0 Å². The van der Waals surface area contributed by atoms with Crippen molar-refractivity contribution in [2.75, 3.05) is 13.2 Å². The molecule has 0 aromatic rings. The second-order valence-electron chi connectivity index (χ2n) is 2.09. The van der Waals surface area contributed by atoms with Gasteiger partial charge in [-0.05, 0) is 6.92 Å². The number of imide groups is 1. The molecule has 0 saturated carbocycles. The molecule has 0 atom stereocenters. The lowest BCUT2D eigenvalue weighted by Crippen LogP contribution is -2.40. The molecule has 1 N–H and O–H groups in total. The summed E-state index contributed by atoms with van der Waals surface area (Å²) in [6.45, 7) is 2.49. The summed E-state index contributed by atoms with van der Waals surface area (Å²) < 4.78 is 4.60. The first-order valence-electron chi connectivity index (χ1n) is 3.49. The summed E-state index contributed by atoms with van der Waals surface area (Å²) in [5.41, 5.74) is 2.60. The van der Waals surface area contributed by atoms with Crippen LogP contribution in [0.1, 0.15) is 13.3 Å². The Bertz CT molecular complexity index is 181. The molecule has 11 heavy (non-hydrogen) atoms. The molecule has 5 heteroatoms. The molecular weight excluding hydrogens is 148 g/mol.